The highest BCUT2D eigenvalue weighted by Crippen LogP contribution is 2.39. The molecule has 1 aliphatic carbocycles. The SMILES string of the molecule is C=CC(=O)N1CCN(c2nc(O[C@@H]3COC[C@@H]3N(C)C3CC3)nc3c2CCN(c2cccc4ccc(F)c(Cl)c24)C3)C=C1CC#N. The summed E-state index contributed by atoms with van der Waals surface area (Å²) < 4.78 is 27.0. The van der Waals surface area contributed by atoms with Crippen LogP contribution in [0, 0.1) is 17.1 Å². The van der Waals surface area contributed by atoms with Crippen LogP contribution in [-0.2, 0) is 22.5 Å². The van der Waals surface area contributed by atoms with Crippen LogP contribution in [0.4, 0.5) is 15.9 Å². The molecule has 10 nitrogen and oxygen atoms in total. The molecule has 238 valence electrons. The van der Waals surface area contributed by atoms with E-state index >= 15 is 0 Å². The van der Waals surface area contributed by atoms with E-state index in [0.717, 1.165) is 22.3 Å². The van der Waals surface area contributed by atoms with Crippen molar-refractivity contribution in [1.29, 1.82) is 5.26 Å². The summed E-state index contributed by atoms with van der Waals surface area (Å²) in [7, 11) is 2.12. The number of rotatable bonds is 8. The van der Waals surface area contributed by atoms with Crippen LogP contribution < -0.4 is 14.5 Å². The second kappa shape index (κ2) is 12.5. The highest BCUT2D eigenvalue weighted by Gasteiger charge is 2.40. The molecule has 1 aromatic heterocycles. The van der Waals surface area contributed by atoms with Crippen LogP contribution in [0.2, 0.25) is 5.02 Å². The van der Waals surface area contributed by atoms with Gasteiger partial charge in [0.2, 0.25) is 5.91 Å². The van der Waals surface area contributed by atoms with E-state index in [1.165, 1.54) is 25.0 Å². The Kier molecular flexibility index (Phi) is 8.27. The number of nitrogens with zero attached hydrogens (tertiary/aromatic N) is 7. The van der Waals surface area contributed by atoms with Gasteiger partial charge in [-0.25, -0.2) is 4.39 Å². The zero-order valence-electron chi connectivity index (χ0n) is 25.7. The molecule has 0 spiro atoms. The van der Waals surface area contributed by atoms with Gasteiger partial charge in [0.15, 0.2) is 0 Å². The maximum Gasteiger partial charge on any atom is 0.319 e. The van der Waals surface area contributed by atoms with Gasteiger partial charge in [-0.2, -0.15) is 15.2 Å². The Balaban J connectivity index is 1.27. The topological polar surface area (TPSA) is 98.1 Å². The number of carbonyl (C=O) groups excluding carboxylic acids is 1. The Morgan fingerprint density at radius 2 is 2.09 bits per heavy atom. The molecular formula is C34H35ClFN7O3. The lowest BCUT2D eigenvalue weighted by atomic mass is 10.0. The minimum atomic E-state index is -0.460. The zero-order valence-corrected chi connectivity index (χ0v) is 26.4. The average Bonchev–Trinajstić information content (AvgIpc) is 3.83. The number of allylic oxidation sites excluding steroid dienone is 1. The van der Waals surface area contributed by atoms with E-state index in [9.17, 15) is 14.4 Å². The lowest BCUT2D eigenvalue weighted by Gasteiger charge is -2.37. The van der Waals surface area contributed by atoms with Crippen LogP contribution in [0.3, 0.4) is 0 Å². The van der Waals surface area contributed by atoms with Crippen molar-refractivity contribution >= 4 is 39.8 Å². The summed E-state index contributed by atoms with van der Waals surface area (Å²) in [5, 5.41) is 11.2. The first-order valence-electron chi connectivity index (χ1n) is 15.6. The van der Waals surface area contributed by atoms with Crippen molar-refractivity contribution in [3.8, 4) is 12.1 Å². The number of amides is 1. The number of halogens is 2. The molecule has 1 amide bonds. The van der Waals surface area contributed by atoms with Crippen LogP contribution in [0.5, 0.6) is 6.01 Å². The maximum atomic E-state index is 14.6. The van der Waals surface area contributed by atoms with Gasteiger partial charge in [-0.05, 0) is 49.9 Å². The van der Waals surface area contributed by atoms with Crippen LogP contribution >= 0.6 is 11.6 Å². The summed E-state index contributed by atoms with van der Waals surface area (Å²) in [5.74, 6) is -0.0190. The maximum absolute atomic E-state index is 14.6. The van der Waals surface area contributed by atoms with Gasteiger partial charge in [-0.3, -0.25) is 9.69 Å². The predicted octanol–water partition coefficient (Wildman–Crippen LogP) is 4.82. The summed E-state index contributed by atoms with van der Waals surface area (Å²) in [6.45, 7) is 6.56. The Bertz CT molecular complexity index is 1770. The number of nitriles is 1. The monoisotopic (exact) mass is 643 g/mol. The highest BCUT2D eigenvalue weighted by molar-refractivity contribution is 6.36. The lowest BCUT2D eigenvalue weighted by Crippen LogP contribution is -2.45. The Hall–Kier alpha value is -4.24. The van der Waals surface area contributed by atoms with Gasteiger partial charge >= 0.3 is 6.01 Å². The van der Waals surface area contributed by atoms with Crippen molar-refractivity contribution in [1.82, 2.24) is 19.8 Å². The van der Waals surface area contributed by atoms with Gasteiger partial charge in [-0.15, -0.1) is 0 Å². The van der Waals surface area contributed by atoms with E-state index in [1.54, 1.807) is 11.0 Å². The van der Waals surface area contributed by atoms with Crippen molar-refractivity contribution in [2.45, 2.75) is 50.4 Å². The molecule has 0 bridgehead atoms. The van der Waals surface area contributed by atoms with Gasteiger partial charge in [0.25, 0.3) is 0 Å². The largest absolute Gasteiger partial charge is 0.456 e. The molecule has 4 heterocycles. The van der Waals surface area contributed by atoms with E-state index in [4.69, 9.17) is 31.0 Å². The fraction of sp³-hybridized carbons (Fsp3) is 0.412. The zero-order chi connectivity index (χ0) is 31.9. The van der Waals surface area contributed by atoms with Crippen LogP contribution in [0.1, 0.15) is 30.5 Å². The fourth-order valence-electron chi connectivity index (χ4n) is 6.76. The van der Waals surface area contributed by atoms with E-state index in [-0.39, 0.29) is 35.5 Å². The number of ether oxygens (including phenoxy) is 2. The molecule has 12 heteroatoms. The number of fused-ring (bicyclic) bond motifs is 2. The number of likely N-dealkylation sites (N-methyl/N-ethyl adjacent to an activating group) is 1. The molecule has 0 unspecified atom stereocenters. The van der Waals surface area contributed by atoms with Crippen LogP contribution in [0.15, 0.2) is 54.9 Å². The molecule has 1 saturated carbocycles. The molecule has 2 aromatic carbocycles. The highest BCUT2D eigenvalue weighted by atomic mass is 35.5. The minimum Gasteiger partial charge on any atom is -0.456 e. The van der Waals surface area contributed by atoms with Crippen molar-refractivity contribution in [3.63, 3.8) is 0 Å². The fourth-order valence-corrected chi connectivity index (χ4v) is 7.03. The van der Waals surface area contributed by atoms with Gasteiger partial charge in [0.1, 0.15) is 17.7 Å². The Morgan fingerprint density at radius 3 is 2.87 bits per heavy atom. The summed E-state index contributed by atoms with van der Waals surface area (Å²) in [6.07, 6.45) is 5.88. The van der Waals surface area contributed by atoms with Crippen molar-refractivity contribution < 1.29 is 18.7 Å². The van der Waals surface area contributed by atoms with Gasteiger partial charge in [0, 0.05) is 48.5 Å². The molecule has 3 aromatic rings. The third-order valence-electron chi connectivity index (χ3n) is 9.37. The van der Waals surface area contributed by atoms with E-state index in [0.29, 0.717) is 68.8 Å². The minimum absolute atomic E-state index is 0.0630. The standard InChI is InChI=1S/C34H35ClFN7O3/c1-3-30(44)43-16-15-42(17-23(43)11-13-37)33-24-12-14-41(27-6-4-5-21-7-10-25(36)32(35)31(21)27)18-26(24)38-34(39-33)46-29-20-45-19-28(29)40(2)22-8-9-22/h3-7,10,17,22,28-29H,1,8-9,11-12,14-16,18-20H2,2H3/t28-,29+/m0/s1. The smallest absolute Gasteiger partial charge is 0.319 e. The first-order valence-corrected chi connectivity index (χ1v) is 16.0. The third-order valence-corrected chi connectivity index (χ3v) is 9.74. The average molecular weight is 644 g/mol. The van der Waals surface area contributed by atoms with Gasteiger partial charge < -0.3 is 24.2 Å². The first kappa shape index (κ1) is 30.4. The molecule has 7 rings (SSSR count). The van der Waals surface area contributed by atoms with Gasteiger partial charge in [-0.1, -0.05) is 36.4 Å². The van der Waals surface area contributed by atoms with E-state index in [2.05, 4.69) is 29.5 Å². The second-order valence-electron chi connectivity index (χ2n) is 12.2. The molecule has 0 radical (unpaired) electrons. The van der Waals surface area contributed by atoms with Crippen molar-refractivity contribution in [2.75, 3.05) is 49.7 Å². The third kappa shape index (κ3) is 5.66. The Labute approximate surface area is 272 Å². The molecule has 4 aliphatic rings. The summed E-state index contributed by atoms with van der Waals surface area (Å²) in [6, 6.07) is 12.0. The summed E-state index contributed by atoms with van der Waals surface area (Å²) in [4.78, 5) is 30.6. The molecule has 1 saturated heterocycles. The number of hydrogen-bond acceptors (Lipinski definition) is 9. The number of hydrogen-bond donors (Lipinski definition) is 0. The molecule has 0 N–H and O–H groups in total. The quantitative estimate of drug-likeness (QED) is 0.320. The van der Waals surface area contributed by atoms with Crippen LogP contribution in [0.25, 0.3) is 10.8 Å². The van der Waals surface area contributed by atoms with Crippen LogP contribution in [-0.4, -0.2) is 83.8 Å². The predicted molar refractivity (Wildman–Crippen MR) is 173 cm³/mol. The molecule has 2 fully saturated rings. The Morgan fingerprint density at radius 1 is 1.24 bits per heavy atom. The van der Waals surface area contributed by atoms with E-state index in [1.807, 2.05) is 29.3 Å². The number of carbonyl (C=O) groups is 1. The van der Waals surface area contributed by atoms with E-state index < -0.39 is 5.82 Å². The normalized spacial score (nSPS) is 21.3. The molecular weight excluding hydrogens is 609 g/mol. The molecule has 2 atom stereocenters. The second-order valence-corrected chi connectivity index (χ2v) is 12.5. The lowest BCUT2D eigenvalue weighted by molar-refractivity contribution is -0.124. The summed E-state index contributed by atoms with van der Waals surface area (Å²) in [5.41, 5.74) is 3.17. The number of aromatic nitrogens is 2. The number of benzene rings is 2. The first-order chi connectivity index (χ1) is 22.4. The van der Waals surface area contributed by atoms with Gasteiger partial charge in [0.05, 0.1) is 54.7 Å². The van der Waals surface area contributed by atoms with Crippen molar-refractivity contribution in [3.05, 3.63) is 77.0 Å². The number of anilines is 2. The molecule has 3 aliphatic heterocycles. The summed E-state index contributed by atoms with van der Waals surface area (Å²) >= 11 is 6.51. The molecule has 46 heavy (non-hydrogen) atoms. The van der Waals surface area contributed by atoms with Crippen molar-refractivity contribution in [2.24, 2.45) is 0 Å².